The second kappa shape index (κ2) is 14.4. The summed E-state index contributed by atoms with van der Waals surface area (Å²) in [5, 5.41) is 18.6. The van der Waals surface area contributed by atoms with Gasteiger partial charge in [0.15, 0.2) is 11.6 Å². The normalized spacial score (nSPS) is 17.6. The molecule has 0 aromatic carbocycles. The number of rotatable bonds is 7. The predicted molar refractivity (Wildman–Crippen MR) is 147 cm³/mol. The molecule has 0 aliphatic heterocycles. The molecule has 0 radical (unpaired) electrons. The fourth-order valence-electron chi connectivity index (χ4n) is 3.79. The van der Waals surface area contributed by atoms with Crippen molar-refractivity contribution < 1.29 is 14.3 Å². The molecule has 1 fully saturated rings. The summed E-state index contributed by atoms with van der Waals surface area (Å²) < 4.78 is 14.4. The highest BCUT2D eigenvalue weighted by molar-refractivity contribution is 7.16. The minimum Gasteiger partial charge on any atom is -0.394 e. The summed E-state index contributed by atoms with van der Waals surface area (Å²) in [4.78, 5) is 26.2. The third kappa shape index (κ3) is 7.69. The van der Waals surface area contributed by atoms with E-state index in [2.05, 4.69) is 51.0 Å². The Bertz CT molecular complexity index is 1120. The number of aliphatic hydroxyl groups excluding tert-OH is 1. The van der Waals surface area contributed by atoms with E-state index in [9.17, 15) is 14.3 Å². The molecule has 1 amide bonds. The van der Waals surface area contributed by atoms with Crippen LogP contribution in [0.4, 0.5) is 21.7 Å². The first-order valence-corrected chi connectivity index (χ1v) is 13.2. The number of pyridine rings is 2. The van der Waals surface area contributed by atoms with Gasteiger partial charge in [-0.25, -0.2) is 19.3 Å². The largest absolute Gasteiger partial charge is 0.394 e. The lowest BCUT2D eigenvalue weighted by Gasteiger charge is -2.27. The molecule has 4 rings (SSSR count). The molecular weight excluding hydrogens is 479 g/mol. The zero-order valence-corrected chi connectivity index (χ0v) is 22.3. The second-order valence-electron chi connectivity index (χ2n) is 8.39. The fourth-order valence-corrected chi connectivity index (χ4v) is 4.43. The van der Waals surface area contributed by atoms with Gasteiger partial charge in [0.05, 0.1) is 23.4 Å². The molecule has 1 aliphatic carbocycles. The number of hydrogen-bond acceptors (Lipinski definition) is 8. The number of halogens is 1. The number of fused-ring (bicyclic) bond motifs is 1. The molecule has 8 nitrogen and oxygen atoms in total. The van der Waals surface area contributed by atoms with Crippen molar-refractivity contribution in [1.29, 1.82) is 0 Å². The monoisotopic (exact) mass is 516 g/mol. The number of aromatic nitrogens is 3. The number of aliphatic hydroxyl groups is 1. The Kier molecular flexibility index (Phi) is 11.7. The van der Waals surface area contributed by atoms with Crippen LogP contribution in [0.2, 0.25) is 0 Å². The number of carbonyl (C=O) groups is 1. The average molecular weight is 517 g/mol. The summed E-state index contributed by atoms with van der Waals surface area (Å²) in [5.74, 6) is 0.291. The molecule has 0 spiro atoms. The first-order valence-electron chi connectivity index (χ1n) is 12.3. The maximum atomic E-state index is 14.4. The van der Waals surface area contributed by atoms with Crippen molar-refractivity contribution in [2.24, 2.45) is 5.92 Å². The summed E-state index contributed by atoms with van der Waals surface area (Å²) in [6, 6.07) is 2.81. The van der Waals surface area contributed by atoms with Crippen LogP contribution in [0.15, 0.2) is 37.0 Å². The first kappa shape index (κ1) is 29.1. The van der Waals surface area contributed by atoms with Gasteiger partial charge in [0.1, 0.15) is 16.2 Å². The fraction of sp³-hybridized carbons (Fsp3) is 0.462. The van der Waals surface area contributed by atoms with Crippen LogP contribution in [0.1, 0.15) is 63.7 Å². The van der Waals surface area contributed by atoms with Crippen LogP contribution in [0.3, 0.4) is 0 Å². The predicted octanol–water partition coefficient (Wildman–Crippen LogP) is 5.90. The molecule has 0 bridgehead atoms. The molecule has 3 aromatic heterocycles. The molecule has 1 aliphatic rings. The number of hydrogen-bond donors (Lipinski definition) is 4. The van der Waals surface area contributed by atoms with E-state index >= 15 is 0 Å². The average Bonchev–Trinajstić information content (AvgIpc) is 3.35. The minimum absolute atomic E-state index is 0.0314. The summed E-state index contributed by atoms with van der Waals surface area (Å²) in [6.45, 7) is 13.9. The van der Waals surface area contributed by atoms with Crippen LogP contribution in [0.25, 0.3) is 10.3 Å². The number of anilines is 3. The highest BCUT2D eigenvalue weighted by atomic mass is 32.1. The van der Waals surface area contributed by atoms with Crippen LogP contribution >= 0.6 is 11.3 Å². The third-order valence-corrected chi connectivity index (χ3v) is 6.43. The van der Waals surface area contributed by atoms with Crippen molar-refractivity contribution in [3.05, 3.63) is 48.4 Å². The number of amides is 1. The molecule has 1 unspecified atom stereocenters. The van der Waals surface area contributed by atoms with Crippen molar-refractivity contribution in [3.63, 3.8) is 0 Å². The lowest BCUT2D eigenvalue weighted by Crippen LogP contribution is -2.38. The van der Waals surface area contributed by atoms with Crippen molar-refractivity contribution in [2.75, 3.05) is 17.2 Å². The number of nitrogens with one attached hydrogen (secondary N) is 3. The first-order chi connectivity index (χ1) is 17.4. The Labute approximate surface area is 216 Å². The summed E-state index contributed by atoms with van der Waals surface area (Å²) in [6.07, 6.45) is 5.57. The van der Waals surface area contributed by atoms with Gasteiger partial charge >= 0.3 is 0 Å². The van der Waals surface area contributed by atoms with E-state index in [1.54, 1.807) is 18.5 Å². The van der Waals surface area contributed by atoms with Crippen molar-refractivity contribution >= 4 is 44.9 Å². The van der Waals surface area contributed by atoms with Gasteiger partial charge in [-0.2, -0.15) is 0 Å². The zero-order valence-electron chi connectivity index (χ0n) is 21.5. The zero-order chi connectivity index (χ0) is 26.7. The van der Waals surface area contributed by atoms with E-state index in [-0.39, 0.29) is 30.4 Å². The van der Waals surface area contributed by atoms with Crippen LogP contribution in [0, 0.1) is 11.7 Å². The maximum Gasteiger partial charge on any atom is 0.255 e. The molecule has 3 aromatic rings. The maximum absolute atomic E-state index is 14.4. The van der Waals surface area contributed by atoms with Crippen molar-refractivity contribution in [3.8, 4) is 0 Å². The standard InChI is InChI=1S/C22H27FN6O2S.C2H6.C2H4/c1-12-3-5-14(6-4-12)27-21(31)15-9-24-19(8-17(15)26-13(2)10-30)28-20-16(23)7-18-22(29-20)32-11-25-18;2*1-2/h7-9,11-14,30H,3-6,10H2,1-2H3,(H,27,31)(H2,24,26,28,29);1-2H3;1-2H2. The van der Waals surface area contributed by atoms with Crippen LogP contribution in [-0.2, 0) is 0 Å². The molecule has 1 saturated carbocycles. The van der Waals surface area contributed by atoms with Crippen molar-refractivity contribution in [2.45, 2.75) is 65.5 Å². The van der Waals surface area contributed by atoms with Crippen LogP contribution in [0.5, 0.6) is 0 Å². The highest BCUT2D eigenvalue weighted by Gasteiger charge is 2.22. The van der Waals surface area contributed by atoms with Gasteiger partial charge in [0.25, 0.3) is 5.91 Å². The number of thiazole rings is 1. The molecule has 36 heavy (non-hydrogen) atoms. The smallest absolute Gasteiger partial charge is 0.255 e. The molecule has 10 heteroatoms. The Morgan fingerprint density at radius 1 is 1.22 bits per heavy atom. The van der Waals surface area contributed by atoms with Crippen LogP contribution < -0.4 is 16.0 Å². The van der Waals surface area contributed by atoms with Crippen LogP contribution in [-0.4, -0.2) is 44.7 Å². The van der Waals surface area contributed by atoms with E-state index < -0.39 is 5.82 Å². The topological polar surface area (TPSA) is 112 Å². The molecule has 0 saturated heterocycles. The highest BCUT2D eigenvalue weighted by Crippen LogP contribution is 2.27. The van der Waals surface area contributed by atoms with Crippen molar-refractivity contribution in [1.82, 2.24) is 20.3 Å². The van der Waals surface area contributed by atoms with Gasteiger partial charge in [-0.15, -0.1) is 24.5 Å². The number of nitrogens with zero attached hydrogens (tertiary/aromatic N) is 3. The lowest BCUT2D eigenvalue weighted by atomic mass is 9.87. The molecule has 1 atom stereocenters. The third-order valence-electron chi connectivity index (χ3n) is 5.70. The summed E-state index contributed by atoms with van der Waals surface area (Å²) in [5.41, 5.74) is 2.98. The van der Waals surface area contributed by atoms with E-state index in [1.807, 2.05) is 13.8 Å². The summed E-state index contributed by atoms with van der Waals surface area (Å²) >= 11 is 1.32. The van der Waals surface area contributed by atoms with Gasteiger partial charge in [0.2, 0.25) is 0 Å². The Hall–Kier alpha value is -3.11. The van der Waals surface area contributed by atoms with Gasteiger partial charge in [-0.05, 0) is 38.5 Å². The number of carbonyl (C=O) groups excluding carboxylic acids is 1. The second-order valence-corrected chi connectivity index (χ2v) is 9.23. The van der Waals surface area contributed by atoms with Gasteiger partial charge < -0.3 is 21.1 Å². The Balaban J connectivity index is 0.00000109. The van der Waals surface area contributed by atoms with E-state index in [1.165, 1.54) is 23.6 Å². The van der Waals surface area contributed by atoms with Gasteiger partial charge in [0, 0.05) is 30.4 Å². The molecular formula is C26H37FN6O2S. The van der Waals surface area contributed by atoms with Gasteiger partial charge in [-0.3, -0.25) is 4.79 Å². The van der Waals surface area contributed by atoms with Gasteiger partial charge in [-0.1, -0.05) is 20.8 Å². The molecule has 196 valence electrons. The SMILES string of the molecule is C=C.CC.CC1CCC(NC(=O)c2cnc(Nc3nc4scnc4cc3F)cc2NC(C)CO)CC1. The molecule has 4 N–H and O–H groups in total. The lowest BCUT2D eigenvalue weighted by molar-refractivity contribution is 0.0923. The Morgan fingerprint density at radius 3 is 2.58 bits per heavy atom. The quantitative estimate of drug-likeness (QED) is 0.289. The summed E-state index contributed by atoms with van der Waals surface area (Å²) in [7, 11) is 0. The minimum atomic E-state index is -0.545. The molecule has 3 heterocycles. The van der Waals surface area contributed by atoms with E-state index in [0.29, 0.717) is 33.3 Å². The van der Waals surface area contributed by atoms with E-state index in [4.69, 9.17) is 0 Å². The van der Waals surface area contributed by atoms with E-state index in [0.717, 1.165) is 25.7 Å². The Morgan fingerprint density at radius 2 is 1.92 bits per heavy atom.